The van der Waals surface area contributed by atoms with Crippen molar-refractivity contribution >= 4 is 5.78 Å². The van der Waals surface area contributed by atoms with Crippen LogP contribution in [0.2, 0.25) is 0 Å². The number of nitrogens with one attached hydrogen (secondary N) is 1. The van der Waals surface area contributed by atoms with Gasteiger partial charge in [-0.05, 0) is 60.7 Å². The summed E-state index contributed by atoms with van der Waals surface area (Å²) < 4.78 is 0. The van der Waals surface area contributed by atoms with E-state index in [4.69, 9.17) is 0 Å². The molecule has 21 heavy (non-hydrogen) atoms. The lowest BCUT2D eigenvalue weighted by Gasteiger charge is -2.65. The van der Waals surface area contributed by atoms with E-state index < -0.39 is 0 Å². The Hall–Kier alpha value is -1.12. The molecule has 114 valence electrons. The number of nitrogens with zero attached hydrogens (tertiary/aromatic N) is 1. The molecule has 1 N–H and O–H groups in total. The van der Waals surface area contributed by atoms with Gasteiger partial charge in [0.2, 0.25) is 0 Å². The highest BCUT2D eigenvalue weighted by Crippen LogP contribution is 2.70. The average molecular weight is 286 g/mol. The van der Waals surface area contributed by atoms with Crippen LogP contribution in [-0.4, -0.2) is 15.8 Å². The number of hydrogen-bond donors (Lipinski definition) is 1. The van der Waals surface area contributed by atoms with Crippen molar-refractivity contribution in [2.24, 2.45) is 22.2 Å². The first kappa shape index (κ1) is 13.5. The van der Waals surface area contributed by atoms with Gasteiger partial charge in [0.05, 0.1) is 6.42 Å². The first-order chi connectivity index (χ1) is 9.88. The van der Waals surface area contributed by atoms with E-state index in [1.807, 2.05) is 0 Å². The number of carbonyl (C=O) groups excluding carboxylic acids is 1. The van der Waals surface area contributed by atoms with Crippen LogP contribution in [0, 0.1) is 22.2 Å². The number of ketones is 1. The first-order valence-corrected chi connectivity index (χ1v) is 8.38. The van der Waals surface area contributed by atoms with Crippen LogP contribution in [0.5, 0.6) is 0 Å². The molecule has 4 aliphatic rings. The van der Waals surface area contributed by atoms with Gasteiger partial charge in [0.15, 0.2) is 0 Å². The zero-order chi connectivity index (χ0) is 14.7. The van der Waals surface area contributed by atoms with E-state index >= 15 is 0 Å². The van der Waals surface area contributed by atoms with Crippen LogP contribution in [0.1, 0.15) is 64.6 Å². The minimum absolute atomic E-state index is 0.298. The normalized spacial score (nSPS) is 44.2. The van der Waals surface area contributed by atoms with Crippen LogP contribution < -0.4 is 0 Å². The SMILES string of the molecule is CC12CC3CC(C)(C1)CC(CC(=O)Cc1ncc[nH]1)(C3)C2. The Morgan fingerprint density at radius 3 is 2.52 bits per heavy atom. The molecule has 0 radical (unpaired) electrons. The minimum Gasteiger partial charge on any atom is -0.348 e. The Bertz CT molecular complexity index is 544. The van der Waals surface area contributed by atoms with Gasteiger partial charge in [0.1, 0.15) is 11.6 Å². The molecule has 3 nitrogen and oxygen atoms in total. The summed E-state index contributed by atoms with van der Waals surface area (Å²) in [6.07, 6.45) is 12.8. The Balaban J connectivity index is 1.53. The average Bonchev–Trinajstić information content (AvgIpc) is 2.74. The van der Waals surface area contributed by atoms with Crippen LogP contribution >= 0.6 is 0 Å². The lowest BCUT2D eigenvalue weighted by Crippen LogP contribution is -2.55. The van der Waals surface area contributed by atoms with Gasteiger partial charge >= 0.3 is 0 Å². The summed E-state index contributed by atoms with van der Waals surface area (Å²) in [4.78, 5) is 19.8. The van der Waals surface area contributed by atoms with Crippen LogP contribution in [0.4, 0.5) is 0 Å². The summed E-state index contributed by atoms with van der Waals surface area (Å²) in [7, 11) is 0. The highest BCUT2D eigenvalue weighted by molar-refractivity contribution is 5.80. The van der Waals surface area contributed by atoms with Crippen molar-refractivity contribution < 1.29 is 4.79 Å². The van der Waals surface area contributed by atoms with Gasteiger partial charge in [-0.2, -0.15) is 0 Å². The Labute approximate surface area is 126 Å². The summed E-state index contributed by atoms with van der Waals surface area (Å²) in [5, 5.41) is 0. The molecular weight excluding hydrogens is 260 g/mol. The third-order valence-corrected chi connectivity index (χ3v) is 6.23. The largest absolute Gasteiger partial charge is 0.348 e. The third kappa shape index (κ3) is 2.35. The topological polar surface area (TPSA) is 45.8 Å². The molecule has 0 aromatic carbocycles. The molecule has 4 fully saturated rings. The zero-order valence-electron chi connectivity index (χ0n) is 13.2. The number of Topliss-reactive ketones (excluding diaryl/α,β-unsaturated/α-hetero) is 1. The maximum absolute atomic E-state index is 12.5. The van der Waals surface area contributed by atoms with Gasteiger partial charge in [0.25, 0.3) is 0 Å². The molecule has 0 saturated heterocycles. The van der Waals surface area contributed by atoms with E-state index in [0.717, 1.165) is 18.2 Å². The second-order valence-corrected chi connectivity index (χ2v) is 9.06. The van der Waals surface area contributed by atoms with Crippen molar-refractivity contribution in [1.82, 2.24) is 9.97 Å². The van der Waals surface area contributed by atoms with E-state index in [1.165, 1.54) is 38.5 Å². The second kappa shape index (κ2) is 4.21. The Morgan fingerprint density at radius 2 is 1.95 bits per heavy atom. The summed E-state index contributed by atoms with van der Waals surface area (Å²) in [5.41, 5.74) is 1.30. The monoisotopic (exact) mass is 286 g/mol. The molecule has 1 heterocycles. The number of imidazole rings is 1. The molecule has 2 unspecified atom stereocenters. The predicted octanol–water partition coefficient (Wildman–Crippen LogP) is 3.91. The van der Waals surface area contributed by atoms with Crippen molar-refractivity contribution in [1.29, 1.82) is 0 Å². The fraction of sp³-hybridized carbons (Fsp3) is 0.778. The predicted molar refractivity (Wildman–Crippen MR) is 81.8 cm³/mol. The molecule has 0 amide bonds. The highest BCUT2D eigenvalue weighted by atomic mass is 16.1. The molecule has 1 aromatic rings. The molecule has 1 aromatic heterocycles. The Kier molecular flexibility index (Phi) is 2.71. The van der Waals surface area contributed by atoms with Gasteiger partial charge in [-0.15, -0.1) is 0 Å². The standard InChI is InChI=1S/C18H26N2O/c1-16-6-13-7-17(2,10-16)12-18(8-13,11-16)9-14(21)5-15-19-3-4-20-15/h3-4,13H,5-12H2,1-2H3,(H,19,20). The molecule has 2 atom stereocenters. The molecule has 4 saturated carbocycles. The van der Waals surface area contributed by atoms with Gasteiger partial charge in [0, 0.05) is 18.8 Å². The van der Waals surface area contributed by atoms with E-state index in [9.17, 15) is 4.79 Å². The van der Waals surface area contributed by atoms with E-state index in [2.05, 4.69) is 23.8 Å². The van der Waals surface area contributed by atoms with E-state index in [0.29, 0.717) is 28.4 Å². The van der Waals surface area contributed by atoms with Crippen LogP contribution in [0.15, 0.2) is 12.4 Å². The van der Waals surface area contributed by atoms with Crippen LogP contribution in [0.3, 0.4) is 0 Å². The number of aromatic nitrogens is 2. The van der Waals surface area contributed by atoms with Crippen LogP contribution in [0.25, 0.3) is 0 Å². The molecule has 0 spiro atoms. The lowest BCUT2D eigenvalue weighted by atomic mass is 9.39. The lowest BCUT2D eigenvalue weighted by molar-refractivity contribution is -0.154. The molecule has 0 aliphatic heterocycles. The number of carbonyl (C=O) groups is 1. The number of hydrogen-bond acceptors (Lipinski definition) is 2. The highest BCUT2D eigenvalue weighted by Gasteiger charge is 2.60. The maximum Gasteiger partial charge on any atom is 0.140 e. The van der Waals surface area contributed by atoms with Gasteiger partial charge in [-0.3, -0.25) is 4.79 Å². The quantitative estimate of drug-likeness (QED) is 0.912. The van der Waals surface area contributed by atoms with Crippen molar-refractivity contribution in [3.63, 3.8) is 0 Å². The smallest absolute Gasteiger partial charge is 0.140 e. The molecule has 5 rings (SSSR count). The second-order valence-electron chi connectivity index (χ2n) is 9.06. The summed E-state index contributed by atoms with van der Waals surface area (Å²) in [6, 6.07) is 0. The van der Waals surface area contributed by atoms with E-state index in [-0.39, 0.29) is 0 Å². The molecule has 4 aliphatic carbocycles. The number of rotatable bonds is 4. The fourth-order valence-corrected chi connectivity index (χ4v) is 6.94. The van der Waals surface area contributed by atoms with Crippen LogP contribution in [-0.2, 0) is 11.2 Å². The van der Waals surface area contributed by atoms with Gasteiger partial charge in [-0.25, -0.2) is 4.98 Å². The Morgan fingerprint density at radius 1 is 1.24 bits per heavy atom. The third-order valence-electron chi connectivity index (χ3n) is 6.23. The van der Waals surface area contributed by atoms with Crippen molar-refractivity contribution in [2.75, 3.05) is 0 Å². The fourth-order valence-electron chi connectivity index (χ4n) is 6.94. The minimum atomic E-state index is 0.298. The maximum atomic E-state index is 12.5. The summed E-state index contributed by atoms with van der Waals surface area (Å²) in [6.45, 7) is 4.95. The van der Waals surface area contributed by atoms with E-state index in [1.54, 1.807) is 12.4 Å². The summed E-state index contributed by atoms with van der Waals surface area (Å²) >= 11 is 0. The van der Waals surface area contributed by atoms with Crippen molar-refractivity contribution in [3.8, 4) is 0 Å². The van der Waals surface area contributed by atoms with Crippen molar-refractivity contribution in [2.45, 2.75) is 65.2 Å². The number of H-pyrrole nitrogens is 1. The molecule has 4 bridgehead atoms. The zero-order valence-corrected chi connectivity index (χ0v) is 13.2. The molecule has 3 heteroatoms. The summed E-state index contributed by atoms with van der Waals surface area (Å²) in [5.74, 6) is 2.06. The first-order valence-electron chi connectivity index (χ1n) is 8.38. The van der Waals surface area contributed by atoms with Crippen molar-refractivity contribution in [3.05, 3.63) is 18.2 Å². The van der Waals surface area contributed by atoms with Gasteiger partial charge < -0.3 is 4.98 Å². The van der Waals surface area contributed by atoms with Gasteiger partial charge in [-0.1, -0.05) is 13.8 Å². The molecular formula is C18H26N2O. The number of aromatic amines is 1.